The fourth-order valence-electron chi connectivity index (χ4n) is 7.79. The lowest BCUT2D eigenvalue weighted by Gasteiger charge is -2.42. The average Bonchev–Trinajstić information content (AvgIpc) is 3.76. The second-order valence-electron chi connectivity index (χ2n) is 12.8. The van der Waals surface area contributed by atoms with E-state index in [2.05, 4.69) is 22.4 Å². The molecule has 2 aromatic rings. The molecule has 2 saturated heterocycles. The van der Waals surface area contributed by atoms with Gasteiger partial charge < -0.3 is 19.9 Å². The molecular formula is C33H38F4N4O2. The molecule has 3 atom stereocenters. The van der Waals surface area contributed by atoms with Crippen LogP contribution in [0.3, 0.4) is 0 Å². The number of hydrogen-bond acceptors (Lipinski definition) is 4. The van der Waals surface area contributed by atoms with Gasteiger partial charge in [0.05, 0.1) is 17.2 Å². The molecule has 6 nitrogen and oxygen atoms in total. The highest BCUT2D eigenvalue weighted by Gasteiger charge is 2.58. The number of nitrogens with one attached hydrogen (secondary N) is 1. The third-order valence-electron chi connectivity index (χ3n) is 10.3. The van der Waals surface area contributed by atoms with Gasteiger partial charge in [-0.1, -0.05) is 12.1 Å². The van der Waals surface area contributed by atoms with Crippen molar-refractivity contribution in [2.75, 3.05) is 38.2 Å². The zero-order chi connectivity index (χ0) is 30.2. The zero-order valence-electron chi connectivity index (χ0n) is 24.2. The average molecular weight is 599 g/mol. The summed E-state index contributed by atoms with van der Waals surface area (Å²) in [6, 6.07) is 12.7. The van der Waals surface area contributed by atoms with Crippen molar-refractivity contribution in [1.29, 1.82) is 5.26 Å². The van der Waals surface area contributed by atoms with Gasteiger partial charge in [0.1, 0.15) is 5.82 Å². The van der Waals surface area contributed by atoms with Crippen molar-refractivity contribution in [3.63, 3.8) is 0 Å². The largest absolute Gasteiger partial charge is 0.419 e. The number of carbonyl (C=O) groups excluding carboxylic acids is 1. The van der Waals surface area contributed by atoms with E-state index in [1.807, 2.05) is 23.1 Å². The molecule has 2 aromatic carbocycles. The van der Waals surface area contributed by atoms with E-state index in [0.717, 1.165) is 83.7 Å². The number of anilines is 1. The van der Waals surface area contributed by atoms with Crippen LogP contribution < -0.4 is 5.32 Å². The molecule has 6 rings (SSSR count). The van der Waals surface area contributed by atoms with E-state index >= 15 is 0 Å². The Kier molecular flexibility index (Phi) is 8.40. The SMILES string of the molecule is N#Cc1cccc(C23CCC(N(CC4CCN(C5CCOCC5)CC4)C(=O)Nc4ccc(F)c(C(F)(F)F)c4)CC2C3)c1. The van der Waals surface area contributed by atoms with Gasteiger partial charge in [-0.15, -0.1) is 0 Å². The number of benzene rings is 2. The molecule has 2 aliphatic carbocycles. The van der Waals surface area contributed by atoms with Gasteiger partial charge in [-0.3, -0.25) is 0 Å². The third-order valence-corrected chi connectivity index (χ3v) is 10.3. The lowest BCUT2D eigenvalue weighted by Crippen LogP contribution is -2.50. The lowest BCUT2D eigenvalue weighted by molar-refractivity contribution is -0.139. The Morgan fingerprint density at radius 2 is 1.86 bits per heavy atom. The summed E-state index contributed by atoms with van der Waals surface area (Å²) in [6.07, 6.45) is 2.61. The molecule has 10 heteroatoms. The van der Waals surface area contributed by atoms with E-state index in [1.165, 1.54) is 11.6 Å². The number of halogens is 4. The number of hydrogen-bond donors (Lipinski definition) is 1. The lowest BCUT2D eigenvalue weighted by atomic mass is 9.79. The highest BCUT2D eigenvalue weighted by molar-refractivity contribution is 5.89. The van der Waals surface area contributed by atoms with Crippen molar-refractivity contribution >= 4 is 11.7 Å². The Labute approximate surface area is 250 Å². The molecule has 4 aliphatic rings. The molecule has 2 amide bonds. The number of amides is 2. The number of carbonyl (C=O) groups is 1. The Bertz CT molecular complexity index is 1360. The van der Waals surface area contributed by atoms with Crippen molar-refractivity contribution in [2.45, 2.75) is 75.0 Å². The maximum absolute atomic E-state index is 13.9. The summed E-state index contributed by atoms with van der Waals surface area (Å²) < 4.78 is 59.6. The molecule has 2 saturated carbocycles. The fraction of sp³-hybridized carbons (Fsp3) is 0.576. The number of nitriles is 1. The first-order chi connectivity index (χ1) is 20.7. The topological polar surface area (TPSA) is 68.6 Å². The molecule has 0 bridgehead atoms. The number of alkyl halides is 3. The molecule has 230 valence electrons. The second kappa shape index (κ2) is 12.1. The molecule has 4 fully saturated rings. The Morgan fingerprint density at radius 3 is 2.56 bits per heavy atom. The summed E-state index contributed by atoms with van der Waals surface area (Å²) in [7, 11) is 0. The molecular weight excluding hydrogens is 560 g/mol. The van der Waals surface area contributed by atoms with Gasteiger partial charge in [0.2, 0.25) is 0 Å². The molecule has 3 unspecified atom stereocenters. The van der Waals surface area contributed by atoms with Crippen LogP contribution in [-0.4, -0.2) is 60.8 Å². The molecule has 2 heterocycles. The van der Waals surface area contributed by atoms with Gasteiger partial charge in [0.25, 0.3) is 0 Å². The van der Waals surface area contributed by atoms with Crippen molar-refractivity contribution in [1.82, 2.24) is 9.80 Å². The molecule has 1 N–H and O–H groups in total. The van der Waals surface area contributed by atoms with Crippen LogP contribution in [0, 0.1) is 29.0 Å². The number of piperidine rings is 1. The summed E-state index contributed by atoms with van der Waals surface area (Å²) in [5.74, 6) is -0.691. The quantitative estimate of drug-likeness (QED) is 0.366. The summed E-state index contributed by atoms with van der Waals surface area (Å²) in [5, 5.41) is 12.1. The van der Waals surface area contributed by atoms with Gasteiger partial charge in [-0.05, 0) is 118 Å². The summed E-state index contributed by atoms with van der Waals surface area (Å²) >= 11 is 0. The van der Waals surface area contributed by atoms with Crippen LogP contribution in [0.1, 0.15) is 68.1 Å². The standard InChI is InChI=1S/C33H38F4N4O2/c34-30-5-4-26(18-29(30)33(35,36)37)39-31(42)41(21-22-7-12-40(13-8-22)27-9-14-43-15-10-27)28-6-11-32(19-25(32)17-28)24-3-1-2-23(16-24)20-38/h1-5,16,18,22,25,27-28H,6-15,17,19,21H2,(H,39,42). The predicted octanol–water partition coefficient (Wildman–Crippen LogP) is 6.95. The minimum Gasteiger partial charge on any atom is -0.381 e. The van der Waals surface area contributed by atoms with Crippen LogP contribution in [0.5, 0.6) is 0 Å². The fourth-order valence-corrected chi connectivity index (χ4v) is 7.79. The minimum atomic E-state index is -4.86. The highest BCUT2D eigenvalue weighted by atomic mass is 19.4. The molecule has 2 aliphatic heterocycles. The van der Waals surface area contributed by atoms with Gasteiger partial charge >= 0.3 is 12.2 Å². The van der Waals surface area contributed by atoms with Gasteiger partial charge in [-0.25, -0.2) is 9.18 Å². The molecule has 43 heavy (non-hydrogen) atoms. The third kappa shape index (κ3) is 6.39. The molecule has 0 spiro atoms. The normalized spacial score (nSPS) is 26.8. The second-order valence-corrected chi connectivity index (χ2v) is 12.8. The summed E-state index contributed by atoms with van der Waals surface area (Å²) in [5.41, 5.74) is 0.391. The van der Waals surface area contributed by atoms with E-state index in [0.29, 0.717) is 36.1 Å². The number of rotatable bonds is 6. The van der Waals surface area contributed by atoms with Crippen LogP contribution in [0.4, 0.5) is 28.0 Å². The summed E-state index contributed by atoms with van der Waals surface area (Å²) in [6.45, 7) is 4.05. The first kappa shape index (κ1) is 29.9. The Morgan fingerprint density at radius 1 is 1.09 bits per heavy atom. The van der Waals surface area contributed by atoms with Crippen LogP contribution in [-0.2, 0) is 16.3 Å². The summed E-state index contributed by atoms with van der Waals surface area (Å²) in [4.78, 5) is 18.2. The molecule has 0 aromatic heterocycles. The van der Waals surface area contributed by atoms with E-state index in [1.54, 1.807) is 0 Å². The Hall–Kier alpha value is -3.16. The maximum Gasteiger partial charge on any atom is 0.419 e. The maximum atomic E-state index is 13.9. The minimum absolute atomic E-state index is 0.0269. The van der Waals surface area contributed by atoms with Crippen LogP contribution in [0.25, 0.3) is 0 Å². The van der Waals surface area contributed by atoms with Crippen molar-refractivity contribution < 1.29 is 27.1 Å². The predicted molar refractivity (Wildman–Crippen MR) is 154 cm³/mol. The number of ether oxygens (including phenoxy) is 1. The van der Waals surface area contributed by atoms with E-state index in [-0.39, 0.29) is 17.1 Å². The van der Waals surface area contributed by atoms with Gasteiger partial charge in [0, 0.05) is 37.5 Å². The van der Waals surface area contributed by atoms with E-state index in [9.17, 15) is 27.6 Å². The number of urea groups is 1. The monoisotopic (exact) mass is 598 g/mol. The first-order valence-electron chi connectivity index (χ1n) is 15.4. The van der Waals surface area contributed by atoms with Gasteiger partial charge in [0.15, 0.2) is 0 Å². The van der Waals surface area contributed by atoms with Crippen molar-refractivity contribution in [3.05, 3.63) is 65.0 Å². The highest BCUT2D eigenvalue weighted by Crippen LogP contribution is 2.63. The Balaban J connectivity index is 1.17. The smallest absolute Gasteiger partial charge is 0.381 e. The van der Waals surface area contributed by atoms with Crippen LogP contribution in [0.2, 0.25) is 0 Å². The molecule has 0 radical (unpaired) electrons. The number of likely N-dealkylation sites (tertiary alicyclic amines) is 1. The number of nitrogens with zero attached hydrogens (tertiary/aromatic N) is 3. The first-order valence-corrected chi connectivity index (χ1v) is 15.4. The van der Waals surface area contributed by atoms with Crippen LogP contribution in [0.15, 0.2) is 42.5 Å². The van der Waals surface area contributed by atoms with Crippen LogP contribution >= 0.6 is 0 Å². The van der Waals surface area contributed by atoms with Crippen molar-refractivity contribution in [3.8, 4) is 6.07 Å². The van der Waals surface area contributed by atoms with E-state index in [4.69, 9.17) is 4.74 Å². The van der Waals surface area contributed by atoms with Gasteiger partial charge in [-0.2, -0.15) is 18.4 Å². The zero-order valence-corrected chi connectivity index (χ0v) is 24.2. The van der Waals surface area contributed by atoms with Crippen molar-refractivity contribution in [2.24, 2.45) is 11.8 Å². The number of fused-ring (bicyclic) bond motifs is 1. The van der Waals surface area contributed by atoms with E-state index < -0.39 is 23.6 Å².